The molecule has 2 N–H and O–H groups in total. The van der Waals surface area contributed by atoms with Crippen LogP contribution in [-0.4, -0.2) is 26.8 Å². The summed E-state index contributed by atoms with van der Waals surface area (Å²) in [6, 6.07) is 1.99. The van der Waals surface area contributed by atoms with Crippen molar-refractivity contribution >= 4 is 11.6 Å². The maximum absolute atomic E-state index is 4.35. The number of aromatic nitrogens is 4. The van der Waals surface area contributed by atoms with E-state index in [4.69, 9.17) is 0 Å². The van der Waals surface area contributed by atoms with E-state index in [9.17, 15) is 0 Å². The van der Waals surface area contributed by atoms with Crippen LogP contribution in [0, 0.1) is 0 Å². The first kappa shape index (κ1) is 13.3. The minimum absolute atomic E-state index is 0.345. The minimum atomic E-state index is 0.345. The Morgan fingerprint density at radius 3 is 2.58 bits per heavy atom. The highest BCUT2D eigenvalue weighted by Gasteiger charge is 2.14. The van der Waals surface area contributed by atoms with Gasteiger partial charge in [-0.15, -0.1) is 0 Å². The molecule has 0 atom stereocenters. The summed E-state index contributed by atoms with van der Waals surface area (Å²) in [6.45, 7) is 4.96. The lowest BCUT2D eigenvalue weighted by atomic mass is 10.0. The summed E-state index contributed by atoms with van der Waals surface area (Å²) in [5.41, 5.74) is 2.21. The Labute approximate surface area is 113 Å². The topological polar surface area (TPSA) is 67.7 Å². The molecule has 0 radical (unpaired) electrons. The highest BCUT2D eigenvalue weighted by Crippen LogP contribution is 2.28. The van der Waals surface area contributed by atoms with Crippen LogP contribution in [0.15, 0.2) is 18.6 Å². The Hall–Kier alpha value is -2.11. The number of aryl methyl sites for hydroxylation is 1. The molecule has 6 nitrogen and oxygen atoms in total. The summed E-state index contributed by atoms with van der Waals surface area (Å²) in [5.74, 6) is 2.09. The fourth-order valence-electron chi connectivity index (χ4n) is 2.03. The molecule has 0 aliphatic carbocycles. The fraction of sp³-hybridized carbons (Fsp3) is 0.462. The molecular weight excluding hydrogens is 240 g/mol. The van der Waals surface area contributed by atoms with Crippen molar-refractivity contribution < 1.29 is 0 Å². The minimum Gasteiger partial charge on any atom is -0.373 e. The Morgan fingerprint density at radius 2 is 2.00 bits per heavy atom. The lowest BCUT2D eigenvalue weighted by Crippen LogP contribution is -2.11. The van der Waals surface area contributed by atoms with Crippen molar-refractivity contribution in [2.45, 2.75) is 26.3 Å². The first-order chi connectivity index (χ1) is 9.13. The smallest absolute Gasteiger partial charge is 0.135 e. The van der Waals surface area contributed by atoms with Crippen molar-refractivity contribution in [1.82, 2.24) is 19.7 Å². The van der Waals surface area contributed by atoms with Gasteiger partial charge in [-0.1, -0.05) is 13.8 Å². The molecule has 2 aromatic rings. The second-order valence-corrected chi connectivity index (χ2v) is 4.69. The molecule has 0 saturated carbocycles. The predicted molar refractivity (Wildman–Crippen MR) is 76.2 cm³/mol. The van der Waals surface area contributed by atoms with Gasteiger partial charge in [0.2, 0.25) is 0 Å². The van der Waals surface area contributed by atoms with Gasteiger partial charge in [0.1, 0.15) is 18.0 Å². The third-order valence-electron chi connectivity index (χ3n) is 3.06. The zero-order valence-corrected chi connectivity index (χ0v) is 11.8. The third-order valence-corrected chi connectivity index (χ3v) is 3.06. The van der Waals surface area contributed by atoms with Crippen molar-refractivity contribution in [3.63, 3.8) is 0 Å². The van der Waals surface area contributed by atoms with Crippen LogP contribution in [0.25, 0.3) is 0 Å². The van der Waals surface area contributed by atoms with E-state index in [1.165, 1.54) is 0 Å². The molecule has 0 aliphatic heterocycles. The van der Waals surface area contributed by atoms with E-state index in [0.29, 0.717) is 12.5 Å². The van der Waals surface area contributed by atoms with E-state index in [1.807, 2.05) is 24.8 Å². The lowest BCUT2D eigenvalue weighted by Gasteiger charge is -2.16. The van der Waals surface area contributed by atoms with Gasteiger partial charge in [-0.3, -0.25) is 4.68 Å². The zero-order valence-electron chi connectivity index (χ0n) is 11.8. The summed E-state index contributed by atoms with van der Waals surface area (Å²) in [7, 11) is 3.80. The normalized spacial score (nSPS) is 10.8. The van der Waals surface area contributed by atoms with Crippen LogP contribution < -0.4 is 10.6 Å². The van der Waals surface area contributed by atoms with Gasteiger partial charge < -0.3 is 10.6 Å². The molecule has 0 amide bonds. The first-order valence-electron chi connectivity index (χ1n) is 6.37. The molecule has 0 saturated heterocycles. The second-order valence-electron chi connectivity index (χ2n) is 4.69. The molecule has 0 aromatic carbocycles. The van der Waals surface area contributed by atoms with Crippen LogP contribution in [0.1, 0.15) is 31.0 Å². The van der Waals surface area contributed by atoms with Crippen LogP contribution in [-0.2, 0) is 13.6 Å². The van der Waals surface area contributed by atoms with Crippen molar-refractivity contribution in [2.24, 2.45) is 7.05 Å². The molecule has 0 fully saturated rings. The van der Waals surface area contributed by atoms with Crippen LogP contribution in [0.5, 0.6) is 0 Å². The van der Waals surface area contributed by atoms with Crippen LogP contribution in [0.3, 0.4) is 0 Å². The van der Waals surface area contributed by atoms with Gasteiger partial charge in [-0.2, -0.15) is 5.10 Å². The van der Waals surface area contributed by atoms with Gasteiger partial charge in [-0.25, -0.2) is 9.97 Å². The summed E-state index contributed by atoms with van der Waals surface area (Å²) in [6.07, 6.45) is 3.36. The van der Waals surface area contributed by atoms with E-state index in [0.717, 1.165) is 22.9 Å². The van der Waals surface area contributed by atoms with Gasteiger partial charge in [-0.05, 0) is 12.0 Å². The molecule has 0 bridgehead atoms. The molecule has 19 heavy (non-hydrogen) atoms. The molecule has 2 rings (SSSR count). The first-order valence-corrected chi connectivity index (χ1v) is 6.37. The molecule has 2 heterocycles. The van der Waals surface area contributed by atoms with E-state index in [2.05, 4.69) is 39.5 Å². The Morgan fingerprint density at radius 1 is 1.26 bits per heavy atom. The number of rotatable bonds is 5. The quantitative estimate of drug-likeness (QED) is 0.860. The maximum atomic E-state index is 4.35. The van der Waals surface area contributed by atoms with Crippen LogP contribution in [0.4, 0.5) is 11.6 Å². The third kappa shape index (κ3) is 2.83. The highest BCUT2D eigenvalue weighted by molar-refractivity contribution is 5.58. The lowest BCUT2D eigenvalue weighted by molar-refractivity contribution is 0.719. The van der Waals surface area contributed by atoms with Gasteiger partial charge in [0.25, 0.3) is 0 Å². The maximum Gasteiger partial charge on any atom is 0.135 e. The number of hydrogen-bond acceptors (Lipinski definition) is 5. The van der Waals surface area contributed by atoms with Gasteiger partial charge in [0, 0.05) is 25.9 Å². The SMILES string of the molecule is CNc1ncnc(NCc2ccnn2C)c1C(C)C. The Bertz CT molecular complexity index is 546. The average Bonchev–Trinajstić information content (AvgIpc) is 2.81. The zero-order chi connectivity index (χ0) is 13.8. The van der Waals surface area contributed by atoms with Crippen LogP contribution >= 0.6 is 0 Å². The standard InChI is InChI=1S/C13H20N6/c1-9(2)11-12(14-3)16-8-17-13(11)15-7-10-5-6-18-19(10)4/h5-6,8-9H,7H2,1-4H3,(H2,14,15,16,17). The Kier molecular flexibility index (Phi) is 3.99. The summed E-state index contributed by atoms with van der Waals surface area (Å²) in [5, 5.41) is 10.6. The van der Waals surface area contributed by atoms with Crippen molar-refractivity contribution in [1.29, 1.82) is 0 Å². The second kappa shape index (κ2) is 5.69. The number of nitrogens with one attached hydrogen (secondary N) is 2. The van der Waals surface area contributed by atoms with E-state index in [1.54, 1.807) is 12.5 Å². The monoisotopic (exact) mass is 260 g/mol. The van der Waals surface area contributed by atoms with Gasteiger partial charge in [0.05, 0.1) is 12.2 Å². The number of nitrogens with zero attached hydrogens (tertiary/aromatic N) is 4. The van der Waals surface area contributed by atoms with Crippen molar-refractivity contribution in [2.75, 3.05) is 17.7 Å². The van der Waals surface area contributed by atoms with Crippen molar-refractivity contribution in [3.8, 4) is 0 Å². The predicted octanol–water partition coefficient (Wildman–Crippen LogP) is 1.99. The molecule has 6 heteroatoms. The molecule has 0 unspecified atom stereocenters. The largest absolute Gasteiger partial charge is 0.373 e. The summed E-state index contributed by atoms with van der Waals surface area (Å²) >= 11 is 0. The van der Waals surface area contributed by atoms with E-state index >= 15 is 0 Å². The van der Waals surface area contributed by atoms with Crippen molar-refractivity contribution in [3.05, 3.63) is 29.8 Å². The molecular formula is C13H20N6. The van der Waals surface area contributed by atoms with E-state index < -0.39 is 0 Å². The number of anilines is 2. The van der Waals surface area contributed by atoms with Gasteiger partial charge >= 0.3 is 0 Å². The molecule has 102 valence electrons. The summed E-state index contributed by atoms with van der Waals surface area (Å²) < 4.78 is 1.85. The highest BCUT2D eigenvalue weighted by atomic mass is 15.3. The molecule has 0 aliphatic rings. The molecule has 0 spiro atoms. The van der Waals surface area contributed by atoms with E-state index in [-0.39, 0.29) is 0 Å². The van der Waals surface area contributed by atoms with Crippen LogP contribution in [0.2, 0.25) is 0 Å². The fourth-order valence-corrected chi connectivity index (χ4v) is 2.03. The average molecular weight is 260 g/mol. The number of hydrogen-bond donors (Lipinski definition) is 2. The van der Waals surface area contributed by atoms with Gasteiger partial charge in [0.15, 0.2) is 0 Å². The summed E-state index contributed by atoms with van der Waals surface area (Å²) in [4.78, 5) is 8.61. The molecule has 2 aromatic heterocycles. The Balaban J connectivity index is 2.22.